The molecular weight excluding hydrogens is 536 g/mol. The number of rotatable bonds is 9. The van der Waals surface area contributed by atoms with Crippen molar-refractivity contribution < 1.29 is 22.7 Å². The minimum atomic E-state index is -3.47. The lowest BCUT2D eigenvalue weighted by Crippen LogP contribution is -2.52. The average Bonchev–Trinajstić information content (AvgIpc) is 2.94. The number of esters is 1. The van der Waals surface area contributed by atoms with Crippen LogP contribution in [-0.2, 0) is 19.6 Å². The van der Waals surface area contributed by atoms with Gasteiger partial charge in [0, 0.05) is 49.7 Å². The predicted octanol–water partition coefficient (Wildman–Crippen LogP) is 4.28. The zero-order valence-electron chi connectivity index (χ0n) is 23.6. The number of amides is 2. The first-order chi connectivity index (χ1) is 18.7. The summed E-state index contributed by atoms with van der Waals surface area (Å²) in [7, 11) is -2.21. The molecule has 3 fully saturated rings. The number of sulfonamides is 1. The molecule has 9 nitrogen and oxygen atoms in total. The molecule has 39 heavy (non-hydrogen) atoms. The molecule has 0 radical (unpaired) electrons. The summed E-state index contributed by atoms with van der Waals surface area (Å²) in [6.07, 6.45) is 15.5. The average molecular weight is 583 g/mol. The van der Waals surface area contributed by atoms with E-state index in [9.17, 15) is 18.0 Å². The standard InChI is InChI=1S/C28H46N4O5S2/c1-22-11-13-24(14-12-22)32(23-7-4-3-5-8-23)28(34)29-26-10-6-9-25(38-26)21-30-16-18-31(19-17-30)39(35,36)20-15-27(33)37-2/h9-10,22-24H,3-8,11-21H2,1-2H3,(H,29,34). The van der Waals surface area contributed by atoms with Crippen molar-refractivity contribution in [2.24, 2.45) is 5.92 Å². The number of hydrogen-bond acceptors (Lipinski definition) is 7. The Morgan fingerprint density at radius 3 is 2.33 bits per heavy atom. The van der Waals surface area contributed by atoms with Crippen LogP contribution in [0.2, 0.25) is 0 Å². The third-order valence-corrected chi connectivity index (χ3v) is 11.5. The van der Waals surface area contributed by atoms with Gasteiger partial charge in [-0.3, -0.25) is 9.69 Å². The Labute approximate surface area is 238 Å². The zero-order valence-corrected chi connectivity index (χ0v) is 25.2. The fourth-order valence-corrected chi connectivity index (χ4v) is 8.63. The zero-order chi connectivity index (χ0) is 27.8. The van der Waals surface area contributed by atoms with Gasteiger partial charge in [0.2, 0.25) is 10.0 Å². The predicted molar refractivity (Wildman–Crippen MR) is 155 cm³/mol. The van der Waals surface area contributed by atoms with Crippen molar-refractivity contribution in [3.8, 4) is 0 Å². The van der Waals surface area contributed by atoms with Gasteiger partial charge in [-0.1, -0.05) is 44.0 Å². The Bertz CT molecular complexity index is 1010. The maximum Gasteiger partial charge on any atom is 0.322 e. The number of thioether (sulfide) groups is 1. The highest BCUT2D eigenvalue weighted by molar-refractivity contribution is 8.06. The molecule has 0 bridgehead atoms. The lowest BCUT2D eigenvalue weighted by atomic mass is 9.84. The molecule has 11 heteroatoms. The Kier molecular flexibility index (Phi) is 11.2. The molecule has 2 aliphatic carbocycles. The van der Waals surface area contributed by atoms with Gasteiger partial charge in [-0.05, 0) is 56.9 Å². The smallest absolute Gasteiger partial charge is 0.322 e. The first kappa shape index (κ1) is 30.4. The summed E-state index contributed by atoms with van der Waals surface area (Å²) in [5.74, 6) is 0.0278. The molecule has 4 aliphatic rings. The molecule has 2 aliphatic heterocycles. The SMILES string of the molecule is COC(=O)CCS(=O)(=O)N1CCN(CC2=CCC=C(NC(=O)N(C3CCCCC3)C3CCC(C)CC3)S2)CC1. The number of hydrogen-bond donors (Lipinski definition) is 1. The Morgan fingerprint density at radius 1 is 1.00 bits per heavy atom. The van der Waals surface area contributed by atoms with Crippen molar-refractivity contribution in [1.82, 2.24) is 19.4 Å². The summed E-state index contributed by atoms with van der Waals surface area (Å²) < 4.78 is 31.2. The molecule has 0 atom stereocenters. The largest absolute Gasteiger partial charge is 0.469 e. The quantitative estimate of drug-likeness (QED) is 0.405. The van der Waals surface area contributed by atoms with Crippen LogP contribution in [0.15, 0.2) is 22.1 Å². The second-order valence-corrected chi connectivity index (χ2v) is 14.7. The van der Waals surface area contributed by atoms with E-state index in [4.69, 9.17) is 0 Å². The second kappa shape index (κ2) is 14.4. The summed E-state index contributed by atoms with van der Waals surface area (Å²) in [5, 5.41) is 4.18. The minimum Gasteiger partial charge on any atom is -0.469 e. The number of urea groups is 1. The van der Waals surface area contributed by atoms with E-state index < -0.39 is 16.0 Å². The topological polar surface area (TPSA) is 99.3 Å². The van der Waals surface area contributed by atoms with Crippen molar-refractivity contribution in [1.29, 1.82) is 0 Å². The fraction of sp³-hybridized carbons (Fsp3) is 0.786. The van der Waals surface area contributed by atoms with Crippen molar-refractivity contribution in [2.45, 2.75) is 89.6 Å². The summed E-state index contributed by atoms with van der Waals surface area (Å²) in [4.78, 5) is 30.7. The molecule has 0 spiro atoms. The van der Waals surface area contributed by atoms with Crippen molar-refractivity contribution in [2.75, 3.05) is 45.6 Å². The van der Waals surface area contributed by atoms with Crippen LogP contribution < -0.4 is 5.32 Å². The molecular formula is C28H46N4O5S2. The monoisotopic (exact) mass is 582 g/mol. The Morgan fingerprint density at radius 2 is 1.67 bits per heavy atom. The summed E-state index contributed by atoms with van der Waals surface area (Å²) in [6.45, 7) is 5.16. The third-order valence-electron chi connectivity index (χ3n) is 8.60. The van der Waals surface area contributed by atoms with E-state index in [1.165, 1.54) is 48.4 Å². The molecule has 2 amide bonds. The van der Waals surface area contributed by atoms with Gasteiger partial charge < -0.3 is 15.0 Å². The normalized spacial score (nSPS) is 25.9. The molecule has 1 N–H and O–H groups in total. The van der Waals surface area contributed by atoms with Crippen LogP contribution in [-0.4, -0.2) is 92.2 Å². The minimum absolute atomic E-state index is 0.0622. The van der Waals surface area contributed by atoms with Crippen molar-refractivity contribution >= 4 is 33.8 Å². The number of methoxy groups -OCH3 is 1. The van der Waals surface area contributed by atoms with E-state index in [1.54, 1.807) is 11.8 Å². The molecule has 2 heterocycles. The number of carbonyl (C=O) groups is 2. The second-order valence-electron chi connectivity index (χ2n) is 11.4. The fourth-order valence-electron chi connectivity index (χ4n) is 6.20. The number of nitrogens with one attached hydrogen (secondary N) is 1. The van der Waals surface area contributed by atoms with E-state index in [1.807, 2.05) is 0 Å². The molecule has 0 aromatic rings. The Balaban J connectivity index is 1.27. The van der Waals surface area contributed by atoms with Gasteiger partial charge >= 0.3 is 12.0 Å². The number of piperazine rings is 1. The van der Waals surface area contributed by atoms with Gasteiger partial charge in [0.15, 0.2) is 0 Å². The van der Waals surface area contributed by atoms with Crippen LogP contribution in [0, 0.1) is 5.92 Å². The van der Waals surface area contributed by atoms with Crippen LogP contribution in [0.25, 0.3) is 0 Å². The van der Waals surface area contributed by atoms with Gasteiger partial charge in [-0.2, -0.15) is 4.31 Å². The molecule has 1 saturated heterocycles. The van der Waals surface area contributed by atoms with Crippen LogP contribution in [0.5, 0.6) is 0 Å². The van der Waals surface area contributed by atoms with Gasteiger partial charge in [-0.25, -0.2) is 13.2 Å². The molecule has 2 saturated carbocycles. The van der Waals surface area contributed by atoms with Crippen LogP contribution in [0.4, 0.5) is 4.79 Å². The van der Waals surface area contributed by atoms with Gasteiger partial charge in [0.1, 0.15) is 0 Å². The lowest BCUT2D eigenvalue weighted by Gasteiger charge is -2.42. The van der Waals surface area contributed by atoms with E-state index in [-0.39, 0.29) is 18.2 Å². The number of nitrogens with zero attached hydrogens (tertiary/aromatic N) is 3. The summed E-state index contributed by atoms with van der Waals surface area (Å²) >= 11 is 1.62. The highest BCUT2D eigenvalue weighted by Gasteiger charge is 2.34. The highest BCUT2D eigenvalue weighted by atomic mass is 32.2. The van der Waals surface area contributed by atoms with E-state index >= 15 is 0 Å². The van der Waals surface area contributed by atoms with Crippen LogP contribution >= 0.6 is 11.8 Å². The van der Waals surface area contributed by atoms with Crippen molar-refractivity contribution in [3.63, 3.8) is 0 Å². The molecule has 4 rings (SSSR count). The maximum atomic E-state index is 13.7. The number of ether oxygens (including phenoxy) is 1. The first-order valence-electron chi connectivity index (χ1n) is 14.7. The summed E-state index contributed by atoms with van der Waals surface area (Å²) in [6, 6.07) is 0.752. The highest BCUT2D eigenvalue weighted by Crippen LogP contribution is 2.34. The van der Waals surface area contributed by atoms with E-state index in [2.05, 4.69) is 38.9 Å². The molecule has 0 unspecified atom stereocenters. The van der Waals surface area contributed by atoms with Crippen LogP contribution in [0.3, 0.4) is 0 Å². The van der Waals surface area contributed by atoms with Crippen molar-refractivity contribution in [3.05, 3.63) is 22.1 Å². The molecule has 0 aromatic carbocycles. The summed E-state index contributed by atoms with van der Waals surface area (Å²) in [5.41, 5.74) is 0. The third kappa shape index (κ3) is 8.71. The number of allylic oxidation sites excluding steroid dienone is 2. The maximum absolute atomic E-state index is 13.7. The molecule has 0 aromatic heterocycles. The first-order valence-corrected chi connectivity index (χ1v) is 17.1. The number of carbonyl (C=O) groups excluding carboxylic acids is 2. The van der Waals surface area contributed by atoms with Gasteiger partial charge in [0.05, 0.1) is 24.3 Å². The van der Waals surface area contributed by atoms with Gasteiger partial charge in [0.25, 0.3) is 0 Å². The molecule has 220 valence electrons. The lowest BCUT2D eigenvalue weighted by molar-refractivity contribution is -0.140. The van der Waals surface area contributed by atoms with E-state index in [0.29, 0.717) is 38.3 Å². The Hall–Kier alpha value is -1.56. The van der Waals surface area contributed by atoms with E-state index in [0.717, 1.165) is 49.6 Å². The van der Waals surface area contributed by atoms with Gasteiger partial charge in [-0.15, -0.1) is 0 Å². The van der Waals surface area contributed by atoms with Crippen LogP contribution in [0.1, 0.15) is 77.6 Å².